The number of rotatable bonds is 5. The van der Waals surface area contributed by atoms with Gasteiger partial charge in [-0.2, -0.15) is 0 Å². The lowest BCUT2D eigenvalue weighted by Crippen LogP contribution is -2.49. The quantitative estimate of drug-likeness (QED) is 0.908. The van der Waals surface area contributed by atoms with Crippen molar-refractivity contribution >= 4 is 6.09 Å². The summed E-state index contributed by atoms with van der Waals surface area (Å²) in [6.45, 7) is 1.60. The molecule has 1 N–H and O–H groups in total. The molecule has 0 spiro atoms. The summed E-state index contributed by atoms with van der Waals surface area (Å²) in [5.74, 6) is 0. The number of carbonyl (C=O) groups excluding carboxylic acids is 1. The van der Waals surface area contributed by atoms with Gasteiger partial charge in [0.15, 0.2) is 0 Å². The third-order valence-electron chi connectivity index (χ3n) is 4.35. The van der Waals surface area contributed by atoms with Gasteiger partial charge in [-0.25, -0.2) is 4.79 Å². The fourth-order valence-electron chi connectivity index (χ4n) is 2.96. The lowest BCUT2D eigenvalue weighted by atomic mass is 10.0. The number of ether oxygens (including phenoxy) is 2. The van der Waals surface area contributed by atoms with Gasteiger partial charge in [0.05, 0.1) is 25.4 Å². The Morgan fingerprint density at radius 3 is 2.56 bits per heavy atom. The summed E-state index contributed by atoms with van der Waals surface area (Å²) in [4.78, 5) is 14.1. The Bertz CT molecular complexity index is 662. The molecule has 1 aliphatic rings. The summed E-state index contributed by atoms with van der Waals surface area (Å²) in [6.07, 6.45) is -0.584. The van der Waals surface area contributed by atoms with Crippen LogP contribution in [0.4, 0.5) is 4.79 Å². The molecule has 1 heterocycles. The monoisotopic (exact) mass is 341 g/mol. The summed E-state index contributed by atoms with van der Waals surface area (Å²) >= 11 is 0. The van der Waals surface area contributed by atoms with E-state index >= 15 is 0 Å². The summed E-state index contributed by atoms with van der Waals surface area (Å²) in [7, 11) is 0. The van der Waals surface area contributed by atoms with Crippen molar-refractivity contribution in [3.05, 3.63) is 71.8 Å². The zero-order valence-electron chi connectivity index (χ0n) is 14.1. The topological polar surface area (TPSA) is 59.0 Å². The standard InChI is InChI=1S/C20H23NO4/c22-19(17-9-5-2-6-10-17)13-18-15-24-12-11-21(18)20(23)25-14-16-7-3-1-4-8-16/h1-10,18-19,22H,11-15H2. The van der Waals surface area contributed by atoms with E-state index in [1.54, 1.807) is 4.90 Å². The number of aliphatic hydroxyl groups is 1. The summed E-state index contributed by atoms with van der Waals surface area (Å²) in [6, 6.07) is 18.8. The Morgan fingerprint density at radius 2 is 1.84 bits per heavy atom. The van der Waals surface area contributed by atoms with E-state index in [9.17, 15) is 9.90 Å². The average Bonchev–Trinajstić information content (AvgIpc) is 2.68. The number of hydrogen-bond donors (Lipinski definition) is 1. The number of benzene rings is 2. The smallest absolute Gasteiger partial charge is 0.410 e. The molecular formula is C20H23NO4. The van der Waals surface area contributed by atoms with Gasteiger partial charge in [0, 0.05) is 13.0 Å². The SMILES string of the molecule is O=C(OCc1ccccc1)N1CCOCC1CC(O)c1ccccc1. The van der Waals surface area contributed by atoms with E-state index in [0.29, 0.717) is 26.2 Å². The first-order chi connectivity index (χ1) is 12.2. The lowest BCUT2D eigenvalue weighted by molar-refractivity contribution is -0.0259. The van der Waals surface area contributed by atoms with E-state index in [0.717, 1.165) is 11.1 Å². The highest BCUT2D eigenvalue weighted by molar-refractivity contribution is 5.68. The molecule has 1 saturated heterocycles. The normalized spacial score (nSPS) is 18.6. The summed E-state index contributed by atoms with van der Waals surface area (Å²) in [5, 5.41) is 10.4. The van der Waals surface area contributed by atoms with E-state index in [4.69, 9.17) is 9.47 Å². The Labute approximate surface area is 147 Å². The van der Waals surface area contributed by atoms with Gasteiger partial charge >= 0.3 is 6.09 Å². The summed E-state index contributed by atoms with van der Waals surface area (Å²) in [5.41, 5.74) is 1.79. The molecule has 132 valence electrons. The highest BCUT2D eigenvalue weighted by Gasteiger charge is 2.30. The van der Waals surface area contributed by atoms with Crippen LogP contribution in [0.25, 0.3) is 0 Å². The molecule has 3 rings (SSSR count). The van der Waals surface area contributed by atoms with Crippen molar-refractivity contribution in [1.82, 2.24) is 4.90 Å². The van der Waals surface area contributed by atoms with Crippen LogP contribution in [0.15, 0.2) is 60.7 Å². The van der Waals surface area contributed by atoms with Gasteiger partial charge < -0.3 is 19.5 Å². The summed E-state index contributed by atoms with van der Waals surface area (Å²) < 4.78 is 10.9. The number of amides is 1. The van der Waals surface area contributed by atoms with E-state index < -0.39 is 6.10 Å². The molecule has 1 amide bonds. The third-order valence-corrected chi connectivity index (χ3v) is 4.35. The molecule has 2 unspecified atom stereocenters. The average molecular weight is 341 g/mol. The maximum Gasteiger partial charge on any atom is 0.410 e. The third kappa shape index (κ3) is 4.81. The van der Waals surface area contributed by atoms with Crippen molar-refractivity contribution in [2.75, 3.05) is 19.8 Å². The van der Waals surface area contributed by atoms with Crippen molar-refractivity contribution in [2.24, 2.45) is 0 Å². The first-order valence-electron chi connectivity index (χ1n) is 8.52. The van der Waals surface area contributed by atoms with E-state index in [1.807, 2.05) is 60.7 Å². The van der Waals surface area contributed by atoms with Crippen molar-refractivity contribution in [2.45, 2.75) is 25.2 Å². The van der Waals surface area contributed by atoms with Crippen LogP contribution in [0.2, 0.25) is 0 Å². The maximum atomic E-state index is 12.5. The minimum absolute atomic E-state index is 0.202. The number of hydrogen-bond acceptors (Lipinski definition) is 4. The molecule has 0 radical (unpaired) electrons. The van der Waals surface area contributed by atoms with Crippen LogP contribution < -0.4 is 0 Å². The zero-order valence-corrected chi connectivity index (χ0v) is 14.1. The van der Waals surface area contributed by atoms with E-state index in [1.165, 1.54) is 0 Å². The minimum Gasteiger partial charge on any atom is -0.445 e. The fourth-order valence-corrected chi connectivity index (χ4v) is 2.96. The van der Waals surface area contributed by atoms with Crippen LogP contribution in [-0.2, 0) is 16.1 Å². The molecule has 2 atom stereocenters. The largest absolute Gasteiger partial charge is 0.445 e. The first-order valence-corrected chi connectivity index (χ1v) is 8.52. The van der Waals surface area contributed by atoms with Gasteiger partial charge in [-0.05, 0) is 11.1 Å². The van der Waals surface area contributed by atoms with E-state index in [2.05, 4.69) is 0 Å². The van der Waals surface area contributed by atoms with Crippen LogP contribution in [0.5, 0.6) is 0 Å². The van der Waals surface area contributed by atoms with Crippen molar-refractivity contribution in [1.29, 1.82) is 0 Å². The molecule has 25 heavy (non-hydrogen) atoms. The Balaban J connectivity index is 1.59. The van der Waals surface area contributed by atoms with Crippen LogP contribution in [0, 0.1) is 0 Å². The van der Waals surface area contributed by atoms with Crippen LogP contribution in [0.1, 0.15) is 23.7 Å². The maximum absolute atomic E-state index is 12.5. The molecule has 0 aliphatic carbocycles. The van der Waals surface area contributed by atoms with Gasteiger partial charge in [0.25, 0.3) is 0 Å². The molecule has 2 aromatic rings. The molecule has 2 aromatic carbocycles. The fraction of sp³-hybridized carbons (Fsp3) is 0.350. The highest BCUT2D eigenvalue weighted by Crippen LogP contribution is 2.23. The van der Waals surface area contributed by atoms with Gasteiger partial charge in [-0.3, -0.25) is 0 Å². The molecular weight excluding hydrogens is 318 g/mol. The lowest BCUT2D eigenvalue weighted by Gasteiger charge is -2.35. The van der Waals surface area contributed by atoms with Gasteiger partial charge in [-0.1, -0.05) is 60.7 Å². The van der Waals surface area contributed by atoms with Crippen molar-refractivity contribution < 1.29 is 19.4 Å². The van der Waals surface area contributed by atoms with Gasteiger partial charge in [0.2, 0.25) is 0 Å². The predicted molar refractivity (Wildman–Crippen MR) is 94.0 cm³/mol. The Morgan fingerprint density at radius 1 is 1.16 bits per heavy atom. The molecule has 1 aliphatic heterocycles. The molecule has 1 fully saturated rings. The Kier molecular flexibility index (Phi) is 6.04. The molecule has 5 heteroatoms. The molecule has 0 aromatic heterocycles. The van der Waals surface area contributed by atoms with Crippen LogP contribution in [0.3, 0.4) is 0 Å². The minimum atomic E-state index is -0.641. The Hall–Kier alpha value is -2.37. The number of nitrogens with zero attached hydrogens (tertiary/aromatic N) is 1. The van der Waals surface area contributed by atoms with E-state index in [-0.39, 0.29) is 18.7 Å². The number of carbonyl (C=O) groups is 1. The van der Waals surface area contributed by atoms with Crippen LogP contribution in [-0.4, -0.2) is 41.9 Å². The second-order valence-electron chi connectivity index (χ2n) is 6.12. The second kappa shape index (κ2) is 8.65. The van der Waals surface area contributed by atoms with Gasteiger partial charge in [0.1, 0.15) is 6.61 Å². The number of morpholine rings is 1. The zero-order chi connectivity index (χ0) is 17.5. The second-order valence-corrected chi connectivity index (χ2v) is 6.12. The van der Waals surface area contributed by atoms with Gasteiger partial charge in [-0.15, -0.1) is 0 Å². The predicted octanol–water partition coefficient (Wildman–Crippen LogP) is 3.15. The van der Waals surface area contributed by atoms with Crippen molar-refractivity contribution in [3.8, 4) is 0 Å². The molecule has 0 bridgehead atoms. The van der Waals surface area contributed by atoms with Crippen molar-refractivity contribution in [3.63, 3.8) is 0 Å². The highest BCUT2D eigenvalue weighted by atomic mass is 16.6. The molecule has 5 nitrogen and oxygen atoms in total. The van der Waals surface area contributed by atoms with Crippen LogP contribution >= 0.6 is 0 Å². The molecule has 0 saturated carbocycles. The number of aliphatic hydroxyl groups excluding tert-OH is 1. The first kappa shape index (κ1) is 17.5.